The van der Waals surface area contributed by atoms with Crippen molar-refractivity contribution in [2.45, 2.75) is 39.2 Å². The SMILES string of the molecule is CC(C)CCOc1cncc(N2CCC(N)CC2)c1. The van der Waals surface area contributed by atoms with E-state index >= 15 is 0 Å². The Bertz CT molecular complexity index is 387. The first-order valence-corrected chi connectivity index (χ1v) is 7.23. The zero-order valence-corrected chi connectivity index (χ0v) is 12.0. The summed E-state index contributed by atoms with van der Waals surface area (Å²) in [6, 6.07) is 2.44. The molecule has 0 atom stereocenters. The fourth-order valence-electron chi connectivity index (χ4n) is 2.23. The largest absolute Gasteiger partial charge is 0.492 e. The van der Waals surface area contributed by atoms with Crippen molar-refractivity contribution < 1.29 is 4.74 Å². The van der Waals surface area contributed by atoms with Crippen molar-refractivity contribution in [3.63, 3.8) is 0 Å². The molecule has 106 valence electrons. The second-order valence-corrected chi connectivity index (χ2v) is 5.73. The lowest BCUT2D eigenvalue weighted by Crippen LogP contribution is -2.39. The molecule has 4 nitrogen and oxygen atoms in total. The first-order valence-electron chi connectivity index (χ1n) is 7.23. The van der Waals surface area contributed by atoms with E-state index in [2.05, 4.69) is 29.8 Å². The van der Waals surface area contributed by atoms with E-state index < -0.39 is 0 Å². The molecule has 2 rings (SSSR count). The van der Waals surface area contributed by atoms with Crippen molar-refractivity contribution in [1.29, 1.82) is 0 Å². The van der Waals surface area contributed by atoms with Crippen LogP contribution in [0.5, 0.6) is 5.75 Å². The van der Waals surface area contributed by atoms with Gasteiger partial charge in [0.25, 0.3) is 0 Å². The van der Waals surface area contributed by atoms with E-state index in [1.807, 2.05) is 6.20 Å². The van der Waals surface area contributed by atoms with Crippen LogP contribution >= 0.6 is 0 Å². The van der Waals surface area contributed by atoms with Gasteiger partial charge in [0.2, 0.25) is 0 Å². The summed E-state index contributed by atoms with van der Waals surface area (Å²) < 4.78 is 5.76. The van der Waals surface area contributed by atoms with E-state index in [0.717, 1.165) is 50.4 Å². The van der Waals surface area contributed by atoms with Gasteiger partial charge in [0.1, 0.15) is 5.75 Å². The highest BCUT2D eigenvalue weighted by atomic mass is 16.5. The molecule has 1 saturated heterocycles. The predicted octanol–water partition coefficient (Wildman–Crippen LogP) is 2.43. The summed E-state index contributed by atoms with van der Waals surface area (Å²) in [5.74, 6) is 1.53. The Balaban J connectivity index is 1.91. The number of anilines is 1. The van der Waals surface area contributed by atoms with E-state index in [-0.39, 0.29) is 0 Å². The first kappa shape index (κ1) is 14.1. The Hall–Kier alpha value is -1.29. The van der Waals surface area contributed by atoms with Gasteiger partial charge in [-0.1, -0.05) is 13.8 Å². The molecule has 1 aromatic rings. The van der Waals surface area contributed by atoms with Gasteiger partial charge >= 0.3 is 0 Å². The number of hydrogen-bond acceptors (Lipinski definition) is 4. The van der Waals surface area contributed by atoms with Crippen LogP contribution in [0.2, 0.25) is 0 Å². The summed E-state index contributed by atoms with van der Waals surface area (Å²) >= 11 is 0. The second-order valence-electron chi connectivity index (χ2n) is 5.73. The third-order valence-corrected chi connectivity index (χ3v) is 3.57. The first-order chi connectivity index (χ1) is 9.15. The van der Waals surface area contributed by atoms with Crippen LogP contribution < -0.4 is 15.4 Å². The number of pyridine rings is 1. The zero-order chi connectivity index (χ0) is 13.7. The Morgan fingerprint density at radius 3 is 2.79 bits per heavy atom. The van der Waals surface area contributed by atoms with Crippen LogP contribution in [0.1, 0.15) is 33.1 Å². The van der Waals surface area contributed by atoms with E-state index in [0.29, 0.717) is 12.0 Å². The molecule has 19 heavy (non-hydrogen) atoms. The molecule has 0 radical (unpaired) electrons. The molecule has 0 spiro atoms. The van der Waals surface area contributed by atoms with Gasteiger partial charge in [0.05, 0.1) is 24.7 Å². The summed E-state index contributed by atoms with van der Waals surface area (Å²) in [6.45, 7) is 7.19. The lowest BCUT2D eigenvalue weighted by molar-refractivity contribution is 0.288. The standard InChI is InChI=1S/C15H25N3O/c1-12(2)5-8-19-15-9-14(10-17-11-15)18-6-3-13(16)4-7-18/h9-13H,3-8,16H2,1-2H3. The van der Waals surface area contributed by atoms with Crippen LogP contribution in [0.3, 0.4) is 0 Å². The number of rotatable bonds is 5. The Kier molecular flexibility index (Phi) is 5.02. The summed E-state index contributed by atoms with van der Waals surface area (Å²) in [4.78, 5) is 6.62. The highest BCUT2D eigenvalue weighted by Crippen LogP contribution is 2.22. The Morgan fingerprint density at radius 2 is 2.11 bits per heavy atom. The smallest absolute Gasteiger partial charge is 0.139 e. The summed E-state index contributed by atoms with van der Waals surface area (Å²) in [5.41, 5.74) is 7.08. The van der Waals surface area contributed by atoms with Gasteiger partial charge < -0.3 is 15.4 Å². The average Bonchev–Trinajstić information content (AvgIpc) is 2.39. The third-order valence-electron chi connectivity index (χ3n) is 3.57. The molecular weight excluding hydrogens is 238 g/mol. The topological polar surface area (TPSA) is 51.4 Å². The molecule has 0 bridgehead atoms. The van der Waals surface area contributed by atoms with Gasteiger partial charge in [0.15, 0.2) is 0 Å². The van der Waals surface area contributed by atoms with Crippen LogP contribution in [-0.2, 0) is 0 Å². The number of aromatic nitrogens is 1. The molecule has 0 aromatic carbocycles. The number of nitrogens with two attached hydrogens (primary N) is 1. The Morgan fingerprint density at radius 1 is 1.37 bits per heavy atom. The maximum absolute atomic E-state index is 5.93. The number of hydrogen-bond donors (Lipinski definition) is 1. The van der Waals surface area contributed by atoms with Gasteiger partial charge in [-0.3, -0.25) is 4.98 Å². The molecule has 1 fully saturated rings. The van der Waals surface area contributed by atoms with Gasteiger partial charge in [0, 0.05) is 25.2 Å². The summed E-state index contributed by atoms with van der Waals surface area (Å²) in [5, 5.41) is 0. The van der Waals surface area contributed by atoms with Crippen LogP contribution in [0.4, 0.5) is 5.69 Å². The maximum Gasteiger partial charge on any atom is 0.139 e. The van der Waals surface area contributed by atoms with Gasteiger partial charge in [-0.05, 0) is 25.2 Å². The number of ether oxygens (including phenoxy) is 1. The zero-order valence-electron chi connectivity index (χ0n) is 12.0. The predicted molar refractivity (Wildman–Crippen MR) is 78.6 cm³/mol. The second kappa shape index (κ2) is 6.75. The molecule has 1 aliphatic heterocycles. The monoisotopic (exact) mass is 263 g/mol. The minimum absolute atomic E-state index is 0.356. The molecule has 2 N–H and O–H groups in total. The van der Waals surface area contributed by atoms with Crippen molar-refractivity contribution in [1.82, 2.24) is 4.98 Å². The molecule has 1 aliphatic rings. The fourth-order valence-corrected chi connectivity index (χ4v) is 2.23. The number of piperidine rings is 1. The van der Waals surface area contributed by atoms with Crippen LogP contribution in [-0.4, -0.2) is 30.7 Å². The summed E-state index contributed by atoms with van der Waals surface area (Å²) in [7, 11) is 0. The highest BCUT2D eigenvalue weighted by molar-refractivity contribution is 5.48. The molecule has 1 aromatic heterocycles. The lowest BCUT2D eigenvalue weighted by atomic mass is 10.1. The van der Waals surface area contributed by atoms with Gasteiger partial charge in [-0.2, -0.15) is 0 Å². The maximum atomic E-state index is 5.93. The molecule has 0 saturated carbocycles. The Labute approximate surface area is 116 Å². The lowest BCUT2D eigenvalue weighted by Gasteiger charge is -2.31. The van der Waals surface area contributed by atoms with Crippen molar-refractivity contribution >= 4 is 5.69 Å². The minimum atomic E-state index is 0.356. The minimum Gasteiger partial charge on any atom is -0.492 e. The fraction of sp³-hybridized carbons (Fsp3) is 0.667. The van der Waals surface area contributed by atoms with Crippen LogP contribution in [0.25, 0.3) is 0 Å². The highest BCUT2D eigenvalue weighted by Gasteiger charge is 2.16. The molecule has 0 unspecified atom stereocenters. The van der Waals surface area contributed by atoms with Crippen molar-refractivity contribution in [2.24, 2.45) is 11.7 Å². The quantitative estimate of drug-likeness (QED) is 0.886. The molecule has 0 amide bonds. The molecule has 4 heteroatoms. The molecule has 0 aliphatic carbocycles. The van der Waals surface area contributed by atoms with E-state index in [1.165, 1.54) is 0 Å². The van der Waals surface area contributed by atoms with E-state index in [4.69, 9.17) is 10.5 Å². The molecular formula is C15H25N3O. The molecule has 2 heterocycles. The van der Waals surface area contributed by atoms with Gasteiger partial charge in [-0.15, -0.1) is 0 Å². The van der Waals surface area contributed by atoms with Crippen molar-refractivity contribution in [3.05, 3.63) is 18.5 Å². The third kappa shape index (κ3) is 4.39. The van der Waals surface area contributed by atoms with Crippen molar-refractivity contribution in [2.75, 3.05) is 24.6 Å². The van der Waals surface area contributed by atoms with Gasteiger partial charge in [-0.25, -0.2) is 0 Å². The average molecular weight is 263 g/mol. The number of nitrogens with zero attached hydrogens (tertiary/aromatic N) is 2. The normalized spacial score (nSPS) is 16.9. The van der Waals surface area contributed by atoms with Crippen molar-refractivity contribution in [3.8, 4) is 5.75 Å². The van der Waals surface area contributed by atoms with E-state index in [1.54, 1.807) is 6.20 Å². The van der Waals surface area contributed by atoms with Crippen LogP contribution in [0, 0.1) is 5.92 Å². The summed E-state index contributed by atoms with van der Waals surface area (Å²) in [6.07, 6.45) is 6.88. The van der Waals surface area contributed by atoms with E-state index in [9.17, 15) is 0 Å². The van der Waals surface area contributed by atoms with Crippen LogP contribution in [0.15, 0.2) is 18.5 Å².